The highest BCUT2D eigenvalue weighted by Gasteiger charge is 2.11. The predicted molar refractivity (Wildman–Crippen MR) is 67.0 cm³/mol. The largest absolute Gasteiger partial charge is 0.457 e. The maximum absolute atomic E-state index is 9.78. The quantitative estimate of drug-likeness (QED) is 0.846. The lowest BCUT2D eigenvalue weighted by Gasteiger charge is -2.14. The normalized spacial score (nSPS) is 12.1. The average molecular weight is 229 g/mol. The van der Waals surface area contributed by atoms with Gasteiger partial charge >= 0.3 is 0 Å². The molecule has 0 saturated carbocycles. The van der Waals surface area contributed by atoms with Gasteiger partial charge in [0.05, 0.1) is 6.10 Å². The van der Waals surface area contributed by atoms with Gasteiger partial charge in [-0.2, -0.15) is 0 Å². The van der Waals surface area contributed by atoms with Crippen molar-refractivity contribution in [3.05, 3.63) is 60.2 Å². The van der Waals surface area contributed by atoms with Gasteiger partial charge in [-0.1, -0.05) is 36.4 Å². The van der Waals surface area contributed by atoms with Crippen LogP contribution in [0.4, 0.5) is 0 Å². The van der Waals surface area contributed by atoms with Crippen LogP contribution in [-0.2, 0) is 0 Å². The molecule has 3 nitrogen and oxygen atoms in total. The number of nitrogens with two attached hydrogens (primary N) is 1. The third-order valence-electron chi connectivity index (χ3n) is 2.47. The fraction of sp³-hybridized carbons (Fsp3) is 0.143. The number of aliphatic hydroxyl groups is 1. The Kier molecular flexibility index (Phi) is 3.75. The zero-order valence-electron chi connectivity index (χ0n) is 9.41. The molecule has 2 rings (SSSR count). The molecule has 0 unspecified atom stereocenters. The van der Waals surface area contributed by atoms with Gasteiger partial charge in [-0.25, -0.2) is 0 Å². The van der Waals surface area contributed by atoms with Gasteiger partial charge in [0.15, 0.2) is 0 Å². The summed E-state index contributed by atoms with van der Waals surface area (Å²) in [5.74, 6) is 1.38. The highest BCUT2D eigenvalue weighted by molar-refractivity contribution is 5.39. The first-order valence-electron chi connectivity index (χ1n) is 5.51. The molecule has 0 radical (unpaired) electrons. The third kappa shape index (κ3) is 2.84. The second-order valence-electron chi connectivity index (χ2n) is 3.70. The van der Waals surface area contributed by atoms with Gasteiger partial charge in [-0.15, -0.1) is 0 Å². The number of rotatable bonds is 4. The Hall–Kier alpha value is -1.84. The lowest BCUT2D eigenvalue weighted by Crippen LogP contribution is -2.12. The highest BCUT2D eigenvalue weighted by Crippen LogP contribution is 2.28. The zero-order valence-corrected chi connectivity index (χ0v) is 9.41. The van der Waals surface area contributed by atoms with Crippen molar-refractivity contribution in [2.75, 3.05) is 6.54 Å². The summed E-state index contributed by atoms with van der Waals surface area (Å²) in [5, 5.41) is 9.78. The number of hydrogen-bond donors (Lipinski definition) is 2. The predicted octanol–water partition coefficient (Wildman–Crippen LogP) is 2.47. The zero-order chi connectivity index (χ0) is 12.1. The van der Waals surface area contributed by atoms with E-state index in [0.29, 0.717) is 11.3 Å². The molecular formula is C14H15NO2. The Labute approximate surface area is 100 Å². The molecule has 0 spiro atoms. The minimum atomic E-state index is -0.699. The van der Waals surface area contributed by atoms with Gasteiger partial charge in [0.25, 0.3) is 0 Å². The molecule has 0 aromatic heterocycles. The van der Waals surface area contributed by atoms with Crippen LogP contribution < -0.4 is 10.5 Å². The van der Waals surface area contributed by atoms with Crippen LogP contribution in [0.5, 0.6) is 11.5 Å². The first kappa shape index (κ1) is 11.6. The van der Waals surface area contributed by atoms with Crippen LogP contribution in [0.1, 0.15) is 11.7 Å². The van der Waals surface area contributed by atoms with Crippen LogP contribution in [0.3, 0.4) is 0 Å². The first-order valence-corrected chi connectivity index (χ1v) is 5.51. The Morgan fingerprint density at radius 3 is 2.35 bits per heavy atom. The van der Waals surface area contributed by atoms with Crippen LogP contribution in [-0.4, -0.2) is 11.7 Å². The smallest absolute Gasteiger partial charge is 0.133 e. The van der Waals surface area contributed by atoms with E-state index in [-0.39, 0.29) is 6.54 Å². The Morgan fingerprint density at radius 1 is 1.00 bits per heavy atom. The first-order chi connectivity index (χ1) is 8.31. The lowest BCUT2D eigenvalue weighted by molar-refractivity contribution is 0.183. The summed E-state index contributed by atoms with van der Waals surface area (Å²) in [4.78, 5) is 0. The molecule has 1 atom stereocenters. The number of para-hydroxylation sites is 2. The van der Waals surface area contributed by atoms with Gasteiger partial charge in [0.1, 0.15) is 11.5 Å². The van der Waals surface area contributed by atoms with E-state index >= 15 is 0 Å². The molecule has 0 bridgehead atoms. The van der Waals surface area contributed by atoms with Crippen LogP contribution in [0.25, 0.3) is 0 Å². The maximum atomic E-state index is 9.78. The van der Waals surface area contributed by atoms with Crippen molar-refractivity contribution in [1.29, 1.82) is 0 Å². The standard InChI is InChI=1S/C14H15NO2/c15-10-13(16)12-8-4-5-9-14(12)17-11-6-2-1-3-7-11/h1-9,13,16H,10,15H2/t13-/m1/s1. The molecule has 3 heteroatoms. The molecule has 0 heterocycles. The van der Waals surface area contributed by atoms with Crippen LogP contribution in [0.15, 0.2) is 54.6 Å². The van der Waals surface area contributed by atoms with Crippen molar-refractivity contribution < 1.29 is 9.84 Å². The van der Waals surface area contributed by atoms with Crippen molar-refractivity contribution in [1.82, 2.24) is 0 Å². The third-order valence-corrected chi connectivity index (χ3v) is 2.47. The molecule has 0 amide bonds. The minimum Gasteiger partial charge on any atom is -0.457 e. The van der Waals surface area contributed by atoms with E-state index in [0.717, 1.165) is 5.75 Å². The summed E-state index contributed by atoms with van der Waals surface area (Å²) in [6.45, 7) is 0.176. The highest BCUT2D eigenvalue weighted by atomic mass is 16.5. The molecule has 0 aliphatic rings. The molecule has 2 aromatic rings. The van der Waals surface area contributed by atoms with Gasteiger partial charge in [-0.05, 0) is 18.2 Å². The Bertz CT molecular complexity index is 471. The van der Waals surface area contributed by atoms with E-state index in [1.807, 2.05) is 54.6 Å². The number of ether oxygens (including phenoxy) is 1. The molecule has 3 N–H and O–H groups in total. The molecule has 2 aromatic carbocycles. The van der Waals surface area contributed by atoms with Crippen LogP contribution in [0.2, 0.25) is 0 Å². The van der Waals surface area contributed by atoms with Crippen molar-refractivity contribution >= 4 is 0 Å². The summed E-state index contributed by atoms with van der Waals surface area (Å²) in [7, 11) is 0. The number of aliphatic hydroxyl groups excluding tert-OH is 1. The molecule has 0 saturated heterocycles. The van der Waals surface area contributed by atoms with Gasteiger partial charge in [-0.3, -0.25) is 0 Å². The van der Waals surface area contributed by atoms with Gasteiger partial charge in [0.2, 0.25) is 0 Å². The van der Waals surface area contributed by atoms with Gasteiger partial charge < -0.3 is 15.6 Å². The van der Waals surface area contributed by atoms with Crippen LogP contribution in [0, 0.1) is 0 Å². The lowest BCUT2D eigenvalue weighted by atomic mass is 10.1. The monoisotopic (exact) mass is 229 g/mol. The van der Waals surface area contributed by atoms with Crippen LogP contribution >= 0.6 is 0 Å². The average Bonchev–Trinajstić information content (AvgIpc) is 2.40. The molecule has 0 aliphatic heterocycles. The SMILES string of the molecule is NC[C@@H](O)c1ccccc1Oc1ccccc1. The maximum Gasteiger partial charge on any atom is 0.133 e. The topological polar surface area (TPSA) is 55.5 Å². The molecule has 88 valence electrons. The van der Waals surface area contributed by atoms with E-state index in [4.69, 9.17) is 10.5 Å². The minimum absolute atomic E-state index is 0.176. The Morgan fingerprint density at radius 2 is 1.65 bits per heavy atom. The fourth-order valence-corrected chi connectivity index (χ4v) is 1.59. The summed E-state index contributed by atoms with van der Waals surface area (Å²) in [5.41, 5.74) is 6.17. The van der Waals surface area contributed by atoms with E-state index in [2.05, 4.69) is 0 Å². The van der Waals surface area contributed by atoms with Crippen molar-refractivity contribution in [2.45, 2.75) is 6.10 Å². The Balaban J connectivity index is 2.27. The number of hydrogen-bond acceptors (Lipinski definition) is 3. The summed E-state index contributed by atoms with van der Waals surface area (Å²) in [6.07, 6.45) is -0.699. The molecule has 0 aliphatic carbocycles. The van der Waals surface area contributed by atoms with Crippen molar-refractivity contribution in [3.8, 4) is 11.5 Å². The van der Waals surface area contributed by atoms with Crippen molar-refractivity contribution in [3.63, 3.8) is 0 Å². The molecular weight excluding hydrogens is 214 g/mol. The number of benzene rings is 2. The summed E-state index contributed by atoms with van der Waals surface area (Å²) < 4.78 is 5.72. The van der Waals surface area contributed by atoms with E-state index < -0.39 is 6.10 Å². The molecule has 17 heavy (non-hydrogen) atoms. The second-order valence-corrected chi connectivity index (χ2v) is 3.70. The van der Waals surface area contributed by atoms with Crippen molar-refractivity contribution in [2.24, 2.45) is 5.73 Å². The molecule has 0 fully saturated rings. The van der Waals surface area contributed by atoms with E-state index in [1.165, 1.54) is 0 Å². The fourth-order valence-electron chi connectivity index (χ4n) is 1.59. The summed E-state index contributed by atoms with van der Waals surface area (Å²) >= 11 is 0. The second kappa shape index (κ2) is 5.48. The van der Waals surface area contributed by atoms with E-state index in [9.17, 15) is 5.11 Å². The van der Waals surface area contributed by atoms with Gasteiger partial charge in [0, 0.05) is 12.1 Å². The summed E-state index contributed by atoms with van der Waals surface area (Å²) in [6, 6.07) is 16.8. The van der Waals surface area contributed by atoms with E-state index in [1.54, 1.807) is 0 Å².